The van der Waals surface area contributed by atoms with Crippen LogP contribution in [0.3, 0.4) is 0 Å². The first-order chi connectivity index (χ1) is 7.87. The van der Waals surface area contributed by atoms with Crippen LogP contribution in [0.4, 0.5) is 0 Å². The fourth-order valence-electron chi connectivity index (χ4n) is 1.30. The Labute approximate surface area is 106 Å². The maximum absolute atomic E-state index is 11.9. The zero-order chi connectivity index (χ0) is 12.9. The number of nitrogens with one attached hydrogen (secondary N) is 1. The largest absolute Gasteiger partial charge is 0.388 e. The standard InChI is InChI=1S/C11H17NO3S2/c1-11(13,9-16-2)8-12-17(14,15)10-6-4-3-5-7-10/h3-7,12-13H,8-9H2,1-2H3. The summed E-state index contributed by atoms with van der Waals surface area (Å²) in [6.45, 7) is 1.61. The molecule has 1 rings (SSSR count). The second-order valence-corrected chi connectivity index (χ2v) is 6.70. The minimum atomic E-state index is -3.53. The van der Waals surface area contributed by atoms with Crippen molar-refractivity contribution in [3.8, 4) is 0 Å². The van der Waals surface area contributed by atoms with Crippen molar-refractivity contribution in [2.24, 2.45) is 0 Å². The van der Waals surface area contributed by atoms with Gasteiger partial charge in [0.1, 0.15) is 0 Å². The lowest BCUT2D eigenvalue weighted by atomic mass is 10.1. The Bertz CT molecular complexity index is 443. The highest BCUT2D eigenvalue weighted by Gasteiger charge is 2.23. The topological polar surface area (TPSA) is 66.4 Å². The Morgan fingerprint density at radius 3 is 2.47 bits per heavy atom. The molecule has 0 radical (unpaired) electrons. The molecule has 0 bridgehead atoms. The van der Waals surface area contributed by atoms with E-state index >= 15 is 0 Å². The molecule has 1 aromatic carbocycles. The van der Waals surface area contributed by atoms with E-state index in [-0.39, 0.29) is 11.4 Å². The van der Waals surface area contributed by atoms with Crippen LogP contribution in [-0.2, 0) is 10.0 Å². The molecule has 0 aliphatic rings. The minimum absolute atomic E-state index is 0.00503. The highest BCUT2D eigenvalue weighted by Crippen LogP contribution is 2.12. The van der Waals surface area contributed by atoms with Gasteiger partial charge in [-0.05, 0) is 25.3 Å². The van der Waals surface area contributed by atoms with Crippen LogP contribution in [-0.4, -0.2) is 37.7 Å². The molecule has 6 heteroatoms. The van der Waals surface area contributed by atoms with Crippen LogP contribution in [0, 0.1) is 0 Å². The van der Waals surface area contributed by atoms with Crippen LogP contribution < -0.4 is 4.72 Å². The maximum Gasteiger partial charge on any atom is 0.240 e. The molecule has 0 aliphatic heterocycles. The molecule has 0 fully saturated rings. The van der Waals surface area contributed by atoms with Crippen LogP contribution in [0.1, 0.15) is 6.92 Å². The van der Waals surface area contributed by atoms with Crippen molar-refractivity contribution >= 4 is 21.8 Å². The molecule has 0 saturated heterocycles. The molecule has 17 heavy (non-hydrogen) atoms. The van der Waals surface area contributed by atoms with Crippen LogP contribution in [0.5, 0.6) is 0 Å². The van der Waals surface area contributed by atoms with Crippen molar-refractivity contribution in [3.63, 3.8) is 0 Å². The highest BCUT2D eigenvalue weighted by atomic mass is 32.2. The first kappa shape index (κ1) is 14.5. The van der Waals surface area contributed by atoms with Gasteiger partial charge in [0.25, 0.3) is 0 Å². The van der Waals surface area contributed by atoms with Gasteiger partial charge in [0.2, 0.25) is 10.0 Å². The van der Waals surface area contributed by atoms with Gasteiger partial charge in [-0.1, -0.05) is 18.2 Å². The van der Waals surface area contributed by atoms with Gasteiger partial charge in [0.15, 0.2) is 0 Å². The van der Waals surface area contributed by atoms with Crippen molar-refractivity contribution in [1.29, 1.82) is 0 Å². The molecule has 0 amide bonds. The van der Waals surface area contributed by atoms with E-state index in [1.807, 2.05) is 6.26 Å². The zero-order valence-corrected chi connectivity index (χ0v) is 11.5. The third kappa shape index (κ3) is 4.67. The Morgan fingerprint density at radius 1 is 1.35 bits per heavy atom. The van der Waals surface area contributed by atoms with Crippen molar-refractivity contribution in [2.75, 3.05) is 18.6 Å². The Balaban J connectivity index is 2.69. The third-order valence-electron chi connectivity index (χ3n) is 2.15. The van der Waals surface area contributed by atoms with Gasteiger partial charge in [-0.15, -0.1) is 0 Å². The monoisotopic (exact) mass is 275 g/mol. The van der Waals surface area contributed by atoms with Gasteiger partial charge >= 0.3 is 0 Å². The number of sulfonamides is 1. The fraction of sp³-hybridized carbons (Fsp3) is 0.455. The van der Waals surface area contributed by atoms with Crippen molar-refractivity contribution in [3.05, 3.63) is 30.3 Å². The molecule has 0 aromatic heterocycles. The van der Waals surface area contributed by atoms with E-state index in [1.54, 1.807) is 25.1 Å². The van der Waals surface area contributed by atoms with E-state index < -0.39 is 15.6 Å². The normalized spacial score (nSPS) is 15.5. The molecular weight excluding hydrogens is 258 g/mol. The maximum atomic E-state index is 11.9. The van der Waals surface area contributed by atoms with Gasteiger partial charge in [-0.25, -0.2) is 13.1 Å². The lowest BCUT2D eigenvalue weighted by Crippen LogP contribution is -2.42. The summed E-state index contributed by atoms with van der Waals surface area (Å²) in [6.07, 6.45) is 1.86. The smallest absolute Gasteiger partial charge is 0.240 e. The molecule has 4 nitrogen and oxygen atoms in total. The molecule has 0 spiro atoms. The van der Waals surface area contributed by atoms with Gasteiger partial charge in [-0.3, -0.25) is 0 Å². The molecule has 1 unspecified atom stereocenters. The fourth-order valence-corrected chi connectivity index (χ4v) is 3.20. The molecule has 96 valence electrons. The summed E-state index contributed by atoms with van der Waals surface area (Å²) in [4.78, 5) is 0.208. The van der Waals surface area contributed by atoms with E-state index in [0.29, 0.717) is 5.75 Å². The van der Waals surface area contributed by atoms with E-state index in [9.17, 15) is 13.5 Å². The Hall–Kier alpha value is -0.560. The Morgan fingerprint density at radius 2 is 1.94 bits per heavy atom. The third-order valence-corrected chi connectivity index (χ3v) is 4.48. The second-order valence-electron chi connectivity index (χ2n) is 4.07. The summed E-state index contributed by atoms with van der Waals surface area (Å²) >= 11 is 1.47. The van der Waals surface area contributed by atoms with Crippen molar-refractivity contribution in [1.82, 2.24) is 4.72 Å². The van der Waals surface area contributed by atoms with E-state index in [0.717, 1.165) is 0 Å². The van der Waals surface area contributed by atoms with Crippen molar-refractivity contribution < 1.29 is 13.5 Å². The number of thioether (sulfide) groups is 1. The van der Waals surface area contributed by atoms with E-state index in [1.165, 1.54) is 23.9 Å². The summed E-state index contributed by atoms with van der Waals surface area (Å²) in [6, 6.07) is 8.11. The number of aliphatic hydroxyl groups is 1. The quantitative estimate of drug-likeness (QED) is 0.815. The molecule has 1 atom stereocenters. The molecule has 0 aliphatic carbocycles. The summed E-state index contributed by atoms with van der Waals surface area (Å²) in [7, 11) is -3.53. The summed E-state index contributed by atoms with van der Waals surface area (Å²) < 4.78 is 26.1. The lowest BCUT2D eigenvalue weighted by molar-refractivity contribution is 0.0908. The van der Waals surface area contributed by atoms with Crippen LogP contribution in [0.25, 0.3) is 0 Å². The predicted molar refractivity (Wildman–Crippen MR) is 70.6 cm³/mol. The summed E-state index contributed by atoms with van der Waals surface area (Å²) in [5, 5.41) is 9.88. The molecule has 1 aromatic rings. The zero-order valence-electron chi connectivity index (χ0n) is 9.88. The van der Waals surface area contributed by atoms with E-state index in [4.69, 9.17) is 0 Å². The summed E-state index contributed by atoms with van der Waals surface area (Å²) in [5.41, 5.74) is -1.04. The predicted octanol–water partition coefficient (Wildman–Crippen LogP) is 1.08. The highest BCUT2D eigenvalue weighted by molar-refractivity contribution is 7.98. The average molecular weight is 275 g/mol. The average Bonchev–Trinajstić information content (AvgIpc) is 2.28. The lowest BCUT2D eigenvalue weighted by Gasteiger charge is -2.22. The second kappa shape index (κ2) is 5.86. The number of rotatable bonds is 6. The van der Waals surface area contributed by atoms with Gasteiger partial charge < -0.3 is 5.11 Å². The van der Waals surface area contributed by atoms with Gasteiger partial charge in [0.05, 0.1) is 10.5 Å². The van der Waals surface area contributed by atoms with Crippen molar-refractivity contribution in [2.45, 2.75) is 17.4 Å². The minimum Gasteiger partial charge on any atom is -0.388 e. The SMILES string of the molecule is CSCC(C)(O)CNS(=O)(=O)c1ccccc1. The van der Waals surface area contributed by atoms with Crippen LogP contribution in [0.2, 0.25) is 0 Å². The number of benzene rings is 1. The molecule has 0 saturated carbocycles. The van der Waals surface area contributed by atoms with Crippen LogP contribution >= 0.6 is 11.8 Å². The number of hydrogen-bond acceptors (Lipinski definition) is 4. The van der Waals surface area contributed by atoms with E-state index in [2.05, 4.69) is 4.72 Å². The first-order valence-corrected chi connectivity index (χ1v) is 8.01. The summed E-state index contributed by atoms with van der Waals surface area (Å²) in [5.74, 6) is 0.476. The molecule has 0 heterocycles. The Kier molecular flexibility index (Phi) is 5.00. The van der Waals surface area contributed by atoms with Gasteiger partial charge in [-0.2, -0.15) is 11.8 Å². The number of hydrogen-bond donors (Lipinski definition) is 2. The molecular formula is C11H17NO3S2. The van der Waals surface area contributed by atoms with Gasteiger partial charge in [0, 0.05) is 12.3 Å². The molecule has 2 N–H and O–H groups in total. The first-order valence-electron chi connectivity index (χ1n) is 5.13. The van der Waals surface area contributed by atoms with Crippen LogP contribution in [0.15, 0.2) is 35.2 Å².